The first kappa shape index (κ1) is 20.4. The zero-order valence-electron chi connectivity index (χ0n) is 16.2. The molecular weight excluding hydrogens is 408 g/mol. The predicted molar refractivity (Wildman–Crippen MR) is 113 cm³/mol. The Morgan fingerprint density at radius 1 is 1.07 bits per heavy atom. The molecule has 0 heterocycles. The molecule has 4 rings (SSSR count). The van der Waals surface area contributed by atoms with Gasteiger partial charge in [-0.3, -0.25) is 4.79 Å². The maximum absolute atomic E-state index is 12.5. The van der Waals surface area contributed by atoms with E-state index >= 15 is 0 Å². The van der Waals surface area contributed by atoms with Crippen molar-refractivity contribution in [1.29, 1.82) is 0 Å². The number of amides is 1. The van der Waals surface area contributed by atoms with Crippen molar-refractivity contribution in [1.82, 2.24) is 10.0 Å². The Hall–Kier alpha value is -1.89. The molecule has 0 aliphatic heterocycles. The van der Waals surface area contributed by atoms with Crippen molar-refractivity contribution in [3.05, 3.63) is 65.2 Å². The van der Waals surface area contributed by atoms with Crippen LogP contribution >= 0.6 is 11.6 Å². The van der Waals surface area contributed by atoms with Crippen molar-refractivity contribution in [2.45, 2.75) is 43.2 Å². The highest BCUT2D eigenvalue weighted by Gasteiger charge is 2.59. The van der Waals surface area contributed by atoms with Gasteiger partial charge >= 0.3 is 0 Å². The van der Waals surface area contributed by atoms with Crippen molar-refractivity contribution in [2.75, 3.05) is 0 Å². The minimum Gasteiger partial charge on any atom is -0.349 e. The van der Waals surface area contributed by atoms with Gasteiger partial charge in [0, 0.05) is 22.7 Å². The molecule has 2 aliphatic carbocycles. The first-order chi connectivity index (χ1) is 13.9. The van der Waals surface area contributed by atoms with Crippen molar-refractivity contribution >= 4 is 27.5 Å². The second-order valence-electron chi connectivity index (χ2n) is 8.00. The van der Waals surface area contributed by atoms with E-state index in [-0.39, 0.29) is 18.0 Å². The van der Waals surface area contributed by atoms with Gasteiger partial charge in [0.25, 0.3) is 5.91 Å². The van der Waals surface area contributed by atoms with Gasteiger partial charge in [0.15, 0.2) is 0 Å². The summed E-state index contributed by atoms with van der Waals surface area (Å²) in [6.45, 7) is 2.08. The van der Waals surface area contributed by atoms with Gasteiger partial charge in [-0.15, -0.1) is 0 Å². The topological polar surface area (TPSA) is 75.3 Å². The Morgan fingerprint density at radius 3 is 2.28 bits per heavy atom. The number of rotatable bonds is 7. The van der Waals surface area contributed by atoms with Gasteiger partial charge in [-0.25, -0.2) is 13.1 Å². The second kappa shape index (κ2) is 8.09. The number of hydrogen-bond acceptors (Lipinski definition) is 3. The first-order valence-corrected chi connectivity index (χ1v) is 11.9. The summed E-state index contributed by atoms with van der Waals surface area (Å²) < 4.78 is 27.9. The first-order valence-electron chi connectivity index (χ1n) is 10.0. The summed E-state index contributed by atoms with van der Waals surface area (Å²) >= 11 is 5.89. The van der Waals surface area contributed by atoms with Gasteiger partial charge < -0.3 is 5.32 Å². The quantitative estimate of drug-likeness (QED) is 0.697. The van der Waals surface area contributed by atoms with Gasteiger partial charge in [0.1, 0.15) is 0 Å². The number of hydrogen-bond donors (Lipinski definition) is 2. The lowest BCUT2D eigenvalue weighted by Crippen LogP contribution is -2.39. The summed E-state index contributed by atoms with van der Waals surface area (Å²) in [7, 11) is -3.48. The molecule has 7 heteroatoms. The van der Waals surface area contributed by atoms with E-state index in [9.17, 15) is 13.2 Å². The van der Waals surface area contributed by atoms with Gasteiger partial charge in [-0.1, -0.05) is 36.7 Å². The Labute approximate surface area is 176 Å². The Morgan fingerprint density at radius 2 is 1.69 bits per heavy atom. The molecule has 2 aliphatic rings. The van der Waals surface area contributed by atoms with Crippen LogP contribution in [0.3, 0.4) is 0 Å². The van der Waals surface area contributed by atoms with E-state index in [1.165, 1.54) is 0 Å². The van der Waals surface area contributed by atoms with Crippen LogP contribution < -0.4 is 10.0 Å². The molecule has 2 N–H and O–H groups in total. The molecule has 0 saturated heterocycles. The third-order valence-electron chi connectivity index (χ3n) is 6.21. The SMILES string of the molecule is CCC(NC(=O)c1ccc(Cl)cc1)[C@H]1[C@@H]2C[C@@H](NS(=O)(=O)c3ccccc3)C[C@@H]21. The normalized spacial score (nSPS) is 26.6. The largest absolute Gasteiger partial charge is 0.349 e. The fraction of sp³-hybridized carbons (Fsp3) is 0.409. The summed E-state index contributed by atoms with van der Waals surface area (Å²) in [5, 5.41) is 3.77. The van der Waals surface area contributed by atoms with E-state index in [4.69, 9.17) is 11.6 Å². The molecule has 5 atom stereocenters. The van der Waals surface area contributed by atoms with E-state index in [0.29, 0.717) is 33.2 Å². The maximum Gasteiger partial charge on any atom is 0.251 e. The highest BCUT2D eigenvalue weighted by Crippen LogP contribution is 2.59. The fourth-order valence-electron chi connectivity index (χ4n) is 4.80. The van der Waals surface area contributed by atoms with Gasteiger partial charge in [-0.2, -0.15) is 0 Å². The van der Waals surface area contributed by atoms with Crippen LogP contribution in [0.25, 0.3) is 0 Å². The number of carbonyl (C=O) groups excluding carboxylic acids is 1. The number of fused-ring (bicyclic) bond motifs is 1. The average Bonchev–Trinajstić information content (AvgIpc) is 3.21. The van der Waals surface area contributed by atoms with E-state index in [1.807, 2.05) is 0 Å². The summed E-state index contributed by atoms with van der Waals surface area (Å²) in [4.78, 5) is 12.8. The van der Waals surface area contributed by atoms with Crippen LogP contribution in [-0.2, 0) is 10.0 Å². The van der Waals surface area contributed by atoms with Crippen molar-refractivity contribution < 1.29 is 13.2 Å². The van der Waals surface area contributed by atoms with Gasteiger partial charge in [0.05, 0.1) is 4.90 Å². The molecule has 154 valence electrons. The Balaban J connectivity index is 1.33. The van der Waals surface area contributed by atoms with Crippen LogP contribution in [-0.4, -0.2) is 26.4 Å². The lowest BCUT2D eigenvalue weighted by atomic mass is 9.99. The molecule has 1 amide bonds. The van der Waals surface area contributed by atoms with E-state index in [1.54, 1.807) is 54.6 Å². The zero-order chi connectivity index (χ0) is 20.6. The third-order valence-corrected chi connectivity index (χ3v) is 8.00. The minimum absolute atomic E-state index is 0.0315. The monoisotopic (exact) mass is 432 g/mol. The molecule has 2 fully saturated rings. The second-order valence-corrected chi connectivity index (χ2v) is 10.2. The number of benzene rings is 2. The number of carbonyl (C=O) groups is 1. The van der Waals surface area contributed by atoms with Crippen molar-refractivity contribution in [3.63, 3.8) is 0 Å². The molecule has 0 aromatic heterocycles. The van der Waals surface area contributed by atoms with Crippen LogP contribution in [0.15, 0.2) is 59.5 Å². The standard InChI is InChI=1S/C22H25ClN2O3S/c1-2-20(24-22(26)14-8-10-15(23)11-9-14)21-18-12-16(13-19(18)21)25-29(27,28)17-6-4-3-5-7-17/h3-11,16,18-21,25H,2,12-13H2,1H3,(H,24,26)/t16-,18-,19+,20?,21+. The number of halogens is 1. The van der Waals surface area contributed by atoms with Gasteiger partial charge in [-0.05, 0) is 73.4 Å². The van der Waals surface area contributed by atoms with Gasteiger partial charge in [0.2, 0.25) is 10.0 Å². The molecule has 2 aromatic rings. The smallest absolute Gasteiger partial charge is 0.251 e. The Bertz CT molecular complexity index is 967. The van der Waals surface area contributed by atoms with Crippen molar-refractivity contribution in [2.24, 2.45) is 17.8 Å². The molecule has 0 spiro atoms. The lowest BCUT2D eigenvalue weighted by Gasteiger charge is -2.22. The minimum atomic E-state index is -3.48. The molecule has 2 saturated carbocycles. The zero-order valence-corrected chi connectivity index (χ0v) is 17.8. The Kier molecular flexibility index (Phi) is 5.69. The van der Waals surface area contributed by atoms with E-state index in [2.05, 4.69) is 17.0 Å². The summed E-state index contributed by atoms with van der Waals surface area (Å²) in [6.07, 6.45) is 2.51. The number of sulfonamides is 1. The molecule has 2 aromatic carbocycles. The summed E-state index contributed by atoms with van der Waals surface area (Å²) in [6, 6.07) is 15.4. The summed E-state index contributed by atoms with van der Waals surface area (Å²) in [5.41, 5.74) is 0.604. The molecule has 5 nitrogen and oxygen atoms in total. The van der Waals surface area contributed by atoms with E-state index in [0.717, 1.165) is 19.3 Å². The third kappa shape index (κ3) is 4.34. The maximum atomic E-state index is 12.5. The molecule has 0 radical (unpaired) electrons. The van der Waals surface area contributed by atoms with E-state index < -0.39 is 10.0 Å². The number of nitrogens with one attached hydrogen (secondary N) is 2. The van der Waals surface area contributed by atoms with Crippen LogP contribution in [0.4, 0.5) is 0 Å². The molecule has 1 unspecified atom stereocenters. The van der Waals surface area contributed by atoms with Crippen LogP contribution in [0.1, 0.15) is 36.5 Å². The van der Waals surface area contributed by atoms with Crippen LogP contribution in [0.2, 0.25) is 5.02 Å². The molecular formula is C22H25ClN2O3S. The average molecular weight is 433 g/mol. The summed E-state index contributed by atoms with van der Waals surface area (Å²) in [5.74, 6) is 1.27. The van der Waals surface area contributed by atoms with Crippen molar-refractivity contribution in [3.8, 4) is 0 Å². The highest BCUT2D eigenvalue weighted by molar-refractivity contribution is 7.89. The lowest BCUT2D eigenvalue weighted by molar-refractivity contribution is 0.0927. The highest BCUT2D eigenvalue weighted by atomic mass is 35.5. The van der Waals surface area contributed by atoms with Crippen LogP contribution in [0.5, 0.6) is 0 Å². The molecule has 0 bridgehead atoms. The van der Waals surface area contributed by atoms with Crippen LogP contribution in [0, 0.1) is 17.8 Å². The molecule has 29 heavy (non-hydrogen) atoms. The predicted octanol–water partition coefficient (Wildman–Crippen LogP) is 3.85. The fourth-order valence-corrected chi connectivity index (χ4v) is 6.20.